The summed E-state index contributed by atoms with van der Waals surface area (Å²) in [5.41, 5.74) is 8.11. The maximum absolute atomic E-state index is 5.89. The molecule has 0 bridgehead atoms. The van der Waals surface area contributed by atoms with E-state index in [1.54, 1.807) is 0 Å². The average Bonchev–Trinajstić information content (AvgIpc) is 2.26. The zero-order valence-corrected chi connectivity index (χ0v) is 11.8. The topological polar surface area (TPSA) is 26.0 Å². The van der Waals surface area contributed by atoms with Crippen LogP contribution in [0.15, 0.2) is 21.1 Å². The summed E-state index contributed by atoms with van der Waals surface area (Å²) in [7, 11) is 0. The number of nitrogens with two attached hydrogens (primary N) is 1. The number of rotatable bonds is 1. The second kappa shape index (κ2) is 4.88. The number of nitrogen functional groups attached to an aromatic ring is 1. The van der Waals surface area contributed by atoms with Gasteiger partial charge in [-0.3, -0.25) is 0 Å². The summed E-state index contributed by atoms with van der Waals surface area (Å²) in [6, 6.07) is 4.35. The smallest absolute Gasteiger partial charge is 0.0603 e. The van der Waals surface area contributed by atoms with Crippen LogP contribution in [-0.2, 0) is 0 Å². The second-order valence-corrected chi connectivity index (χ2v) is 5.94. The van der Waals surface area contributed by atoms with E-state index < -0.39 is 0 Å². The first kappa shape index (κ1) is 11.5. The highest BCUT2D eigenvalue weighted by molar-refractivity contribution is 9.11. The second-order valence-electron chi connectivity index (χ2n) is 4.23. The summed E-state index contributed by atoms with van der Waals surface area (Å²) in [4.78, 5) is 0. The van der Waals surface area contributed by atoms with E-state index in [-0.39, 0.29) is 0 Å². The molecule has 3 heteroatoms. The first-order valence-corrected chi connectivity index (χ1v) is 7.01. The van der Waals surface area contributed by atoms with Gasteiger partial charge in [-0.25, -0.2) is 0 Å². The van der Waals surface area contributed by atoms with E-state index in [0.29, 0.717) is 0 Å². The van der Waals surface area contributed by atoms with Crippen LogP contribution in [0.4, 0.5) is 5.69 Å². The lowest BCUT2D eigenvalue weighted by atomic mass is 9.84. The standard InChI is InChI=1S/C12H15Br2N/c13-10-6-9(7-11(14)12(10)15)8-4-2-1-3-5-8/h6-8H,1-5,15H2. The number of halogens is 2. The van der Waals surface area contributed by atoms with Gasteiger partial charge < -0.3 is 5.73 Å². The molecular formula is C12H15Br2N. The fourth-order valence-electron chi connectivity index (χ4n) is 2.28. The Balaban J connectivity index is 2.27. The van der Waals surface area contributed by atoms with Crippen molar-refractivity contribution in [2.24, 2.45) is 0 Å². The summed E-state index contributed by atoms with van der Waals surface area (Å²) >= 11 is 7.02. The third kappa shape index (κ3) is 2.56. The van der Waals surface area contributed by atoms with Crippen LogP contribution in [0.1, 0.15) is 43.6 Å². The Hall–Kier alpha value is -0.0200. The van der Waals surface area contributed by atoms with Crippen LogP contribution >= 0.6 is 31.9 Å². The van der Waals surface area contributed by atoms with E-state index in [2.05, 4.69) is 44.0 Å². The van der Waals surface area contributed by atoms with Crippen LogP contribution in [0.2, 0.25) is 0 Å². The number of anilines is 1. The third-order valence-corrected chi connectivity index (χ3v) is 4.49. The molecule has 0 atom stereocenters. The molecule has 0 aliphatic heterocycles. The molecule has 0 spiro atoms. The van der Waals surface area contributed by atoms with Gasteiger partial charge in [-0.1, -0.05) is 19.3 Å². The van der Waals surface area contributed by atoms with Crippen molar-refractivity contribution in [2.75, 3.05) is 5.73 Å². The van der Waals surface area contributed by atoms with Crippen molar-refractivity contribution in [2.45, 2.75) is 38.0 Å². The van der Waals surface area contributed by atoms with E-state index in [9.17, 15) is 0 Å². The molecule has 0 unspecified atom stereocenters. The van der Waals surface area contributed by atoms with E-state index in [0.717, 1.165) is 20.6 Å². The first-order chi connectivity index (χ1) is 7.18. The highest BCUT2D eigenvalue weighted by atomic mass is 79.9. The Morgan fingerprint density at radius 1 is 1.00 bits per heavy atom. The Bertz CT molecular complexity index is 334. The van der Waals surface area contributed by atoms with Crippen LogP contribution < -0.4 is 5.73 Å². The lowest BCUT2D eigenvalue weighted by Crippen LogP contribution is -2.05. The molecular weight excluding hydrogens is 318 g/mol. The van der Waals surface area contributed by atoms with Crippen molar-refractivity contribution in [3.8, 4) is 0 Å². The summed E-state index contributed by atoms with van der Waals surface area (Å²) in [5, 5.41) is 0. The average molecular weight is 333 g/mol. The van der Waals surface area contributed by atoms with Crippen LogP contribution in [0.25, 0.3) is 0 Å². The zero-order chi connectivity index (χ0) is 10.8. The van der Waals surface area contributed by atoms with Gasteiger partial charge in [-0.05, 0) is 68.3 Å². The molecule has 0 aromatic heterocycles. The fraction of sp³-hybridized carbons (Fsp3) is 0.500. The largest absolute Gasteiger partial charge is 0.397 e. The zero-order valence-electron chi connectivity index (χ0n) is 8.60. The quantitative estimate of drug-likeness (QED) is 0.731. The van der Waals surface area contributed by atoms with Gasteiger partial charge in [0.15, 0.2) is 0 Å². The maximum Gasteiger partial charge on any atom is 0.0603 e. The summed E-state index contributed by atoms with van der Waals surface area (Å²) in [6.45, 7) is 0. The summed E-state index contributed by atoms with van der Waals surface area (Å²) in [5.74, 6) is 0.729. The third-order valence-electron chi connectivity index (χ3n) is 3.18. The Kier molecular flexibility index (Phi) is 3.73. The van der Waals surface area contributed by atoms with Gasteiger partial charge in [0.05, 0.1) is 5.69 Å². The van der Waals surface area contributed by atoms with Crippen molar-refractivity contribution < 1.29 is 0 Å². The highest BCUT2D eigenvalue weighted by Crippen LogP contribution is 2.37. The minimum atomic E-state index is 0.729. The van der Waals surface area contributed by atoms with Crippen molar-refractivity contribution in [3.05, 3.63) is 26.6 Å². The van der Waals surface area contributed by atoms with Gasteiger partial charge in [0.25, 0.3) is 0 Å². The van der Waals surface area contributed by atoms with E-state index in [1.165, 1.54) is 37.7 Å². The maximum atomic E-state index is 5.89. The van der Waals surface area contributed by atoms with Crippen LogP contribution in [-0.4, -0.2) is 0 Å². The lowest BCUT2D eigenvalue weighted by Gasteiger charge is -2.22. The van der Waals surface area contributed by atoms with Gasteiger partial charge in [0.1, 0.15) is 0 Å². The first-order valence-electron chi connectivity index (χ1n) is 5.43. The van der Waals surface area contributed by atoms with Crippen molar-refractivity contribution in [1.82, 2.24) is 0 Å². The van der Waals surface area contributed by atoms with E-state index in [1.807, 2.05) is 0 Å². The molecule has 2 rings (SSSR count). The molecule has 0 amide bonds. The Morgan fingerprint density at radius 2 is 1.53 bits per heavy atom. The molecule has 1 saturated carbocycles. The molecule has 0 radical (unpaired) electrons. The van der Waals surface area contributed by atoms with Gasteiger partial charge in [0.2, 0.25) is 0 Å². The minimum Gasteiger partial charge on any atom is -0.397 e. The molecule has 1 aromatic rings. The van der Waals surface area contributed by atoms with Crippen LogP contribution in [0.3, 0.4) is 0 Å². The van der Waals surface area contributed by atoms with E-state index >= 15 is 0 Å². The molecule has 0 saturated heterocycles. The number of hydrogen-bond acceptors (Lipinski definition) is 1. The molecule has 0 heterocycles. The van der Waals surface area contributed by atoms with Crippen LogP contribution in [0, 0.1) is 0 Å². The summed E-state index contributed by atoms with van der Waals surface area (Å²) < 4.78 is 2.02. The molecule has 1 aromatic carbocycles. The predicted molar refractivity (Wildman–Crippen MR) is 72.1 cm³/mol. The highest BCUT2D eigenvalue weighted by Gasteiger charge is 2.17. The van der Waals surface area contributed by atoms with Gasteiger partial charge in [-0.2, -0.15) is 0 Å². The van der Waals surface area contributed by atoms with Crippen LogP contribution in [0.5, 0.6) is 0 Å². The van der Waals surface area contributed by atoms with Crippen molar-refractivity contribution in [3.63, 3.8) is 0 Å². The van der Waals surface area contributed by atoms with Crippen molar-refractivity contribution >= 4 is 37.5 Å². The molecule has 1 nitrogen and oxygen atoms in total. The number of benzene rings is 1. The summed E-state index contributed by atoms with van der Waals surface area (Å²) in [6.07, 6.45) is 6.77. The molecule has 15 heavy (non-hydrogen) atoms. The Labute approximate surface area is 108 Å². The monoisotopic (exact) mass is 331 g/mol. The molecule has 1 aliphatic carbocycles. The molecule has 82 valence electrons. The minimum absolute atomic E-state index is 0.729. The van der Waals surface area contributed by atoms with Gasteiger partial charge in [0, 0.05) is 8.95 Å². The lowest BCUT2D eigenvalue weighted by molar-refractivity contribution is 0.443. The van der Waals surface area contributed by atoms with Crippen molar-refractivity contribution in [1.29, 1.82) is 0 Å². The SMILES string of the molecule is Nc1c(Br)cc(C2CCCCC2)cc1Br. The van der Waals surface area contributed by atoms with Gasteiger partial charge >= 0.3 is 0 Å². The molecule has 1 fully saturated rings. The number of hydrogen-bond donors (Lipinski definition) is 1. The fourth-order valence-corrected chi connectivity index (χ4v) is 3.50. The van der Waals surface area contributed by atoms with E-state index in [4.69, 9.17) is 5.73 Å². The molecule has 2 N–H and O–H groups in total. The Morgan fingerprint density at radius 3 is 2.07 bits per heavy atom. The predicted octanol–water partition coefficient (Wildman–Crippen LogP) is 4.84. The molecule has 1 aliphatic rings. The normalized spacial score (nSPS) is 18.0. The van der Waals surface area contributed by atoms with Gasteiger partial charge in [-0.15, -0.1) is 0 Å².